The van der Waals surface area contributed by atoms with Crippen molar-refractivity contribution in [2.24, 2.45) is 5.41 Å². The van der Waals surface area contributed by atoms with Gasteiger partial charge in [-0.25, -0.2) is 4.39 Å². The van der Waals surface area contributed by atoms with Gasteiger partial charge in [-0.1, -0.05) is 13.8 Å². The molecule has 2 heterocycles. The van der Waals surface area contributed by atoms with Crippen LogP contribution >= 0.6 is 0 Å². The number of H-pyrrole nitrogens is 1. The van der Waals surface area contributed by atoms with Crippen LogP contribution in [-0.2, 0) is 10.2 Å². The van der Waals surface area contributed by atoms with Gasteiger partial charge in [-0.15, -0.1) is 0 Å². The molecule has 2 N–H and O–H groups in total. The maximum absolute atomic E-state index is 14.3. The summed E-state index contributed by atoms with van der Waals surface area (Å²) in [5.74, 6) is -1.12. The number of carboxylic acids is 1. The number of nitrogens with one attached hydrogen (secondary N) is 1. The molecule has 1 fully saturated rings. The second-order valence-corrected chi connectivity index (χ2v) is 10.4. The van der Waals surface area contributed by atoms with Crippen molar-refractivity contribution in [2.75, 3.05) is 7.11 Å². The van der Waals surface area contributed by atoms with E-state index in [2.05, 4.69) is 20.8 Å². The molecule has 1 aliphatic carbocycles. The largest absolute Gasteiger partial charge is 0.494 e. The number of ether oxygens (including phenoxy) is 1. The van der Waals surface area contributed by atoms with Gasteiger partial charge in [-0.2, -0.15) is 10.4 Å². The maximum Gasteiger partial charge on any atom is 0.309 e. The standard InChI is InChI=1S/C27H27FN4O3/c1-26(2,7-8-29)24-23(16-12-27(3,13-16)25(33)34)18-11-20-15(14-30-31-20)9-21(18)32(24)17-5-6-19(28)22(10-17)35-4/h5-6,9-11,14,16H,7,12-13H2,1-4H3,(H,30,31)(H,33,34)/t16-,27-. The highest BCUT2D eigenvalue weighted by atomic mass is 19.1. The lowest BCUT2D eigenvalue weighted by molar-refractivity contribution is -0.154. The van der Waals surface area contributed by atoms with E-state index in [1.54, 1.807) is 25.3 Å². The molecule has 0 unspecified atom stereocenters. The molecule has 0 spiro atoms. The average molecular weight is 475 g/mol. The van der Waals surface area contributed by atoms with Gasteiger partial charge in [-0.05, 0) is 55.5 Å². The van der Waals surface area contributed by atoms with Gasteiger partial charge in [0.05, 0.1) is 35.8 Å². The van der Waals surface area contributed by atoms with Crippen molar-refractivity contribution < 1.29 is 19.0 Å². The smallest absolute Gasteiger partial charge is 0.309 e. The summed E-state index contributed by atoms with van der Waals surface area (Å²) in [5.41, 5.74) is 3.10. The van der Waals surface area contributed by atoms with E-state index in [-0.39, 0.29) is 18.1 Å². The predicted molar refractivity (Wildman–Crippen MR) is 130 cm³/mol. The molecule has 0 radical (unpaired) electrons. The van der Waals surface area contributed by atoms with Crippen molar-refractivity contribution in [1.82, 2.24) is 14.8 Å². The van der Waals surface area contributed by atoms with Crippen LogP contribution in [0.2, 0.25) is 0 Å². The normalized spacial score (nSPS) is 20.1. The van der Waals surface area contributed by atoms with Crippen LogP contribution in [0.15, 0.2) is 36.5 Å². The maximum atomic E-state index is 14.3. The molecule has 0 amide bonds. The molecule has 35 heavy (non-hydrogen) atoms. The second kappa shape index (κ2) is 7.84. The number of benzene rings is 2. The highest BCUT2D eigenvalue weighted by Crippen LogP contribution is 2.56. The number of aliphatic carboxylic acids is 1. The molecule has 7 nitrogen and oxygen atoms in total. The Morgan fingerprint density at radius 2 is 2.11 bits per heavy atom. The van der Waals surface area contributed by atoms with Gasteiger partial charge in [0.1, 0.15) is 0 Å². The van der Waals surface area contributed by atoms with Gasteiger partial charge in [0.15, 0.2) is 11.6 Å². The van der Waals surface area contributed by atoms with Crippen LogP contribution in [0.4, 0.5) is 4.39 Å². The van der Waals surface area contributed by atoms with E-state index in [9.17, 15) is 19.6 Å². The first-order chi connectivity index (χ1) is 16.6. The number of hydrogen-bond acceptors (Lipinski definition) is 4. The Kier molecular flexibility index (Phi) is 5.13. The van der Waals surface area contributed by atoms with Gasteiger partial charge in [0, 0.05) is 40.1 Å². The summed E-state index contributed by atoms with van der Waals surface area (Å²) < 4.78 is 21.7. The lowest BCUT2D eigenvalue weighted by Gasteiger charge is -2.43. The van der Waals surface area contributed by atoms with Crippen LogP contribution in [0, 0.1) is 22.6 Å². The van der Waals surface area contributed by atoms with Crippen LogP contribution in [-0.4, -0.2) is 33.0 Å². The fourth-order valence-corrected chi connectivity index (χ4v) is 5.57. The van der Waals surface area contributed by atoms with E-state index in [0.29, 0.717) is 18.5 Å². The number of carbonyl (C=O) groups is 1. The zero-order valence-corrected chi connectivity index (χ0v) is 20.1. The Hall–Kier alpha value is -3.86. The third kappa shape index (κ3) is 3.45. The lowest BCUT2D eigenvalue weighted by Crippen LogP contribution is -2.41. The minimum absolute atomic E-state index is 0.00975. The molecule has 2 aromatic carbocycles. The number of fused-ring (bicyclic) bond motifs is 2. The van der Waals surface area contributed by atoms with Crippen molar-refractivity contribution >= 4 is 27.8 Å². The molecular formula is C27H27FN4O3. The summed E-state index contributed by atoms with van der Waals surface area (Å²) in [7, 11) is 1.43. The number of methoxy groups -OCH3 is 1. The lowest BCUT2D eigenvalue weighted by atomic mass is 9.59. The number of halogens is 1. The fourth-order valence-electron chi connectivity index (χ4n) is 5.57. The summed E-state index contributed by atoms with van der Waals surface area (Å²) in [6.45, 7) is 5.82. The zero-order chi connectivity index (χ0) is 25.1. The van der Waals surface area contributed by atoms with E-state index in [4.69, 9.17) is 4.74 Å². The molecule has 0 atom stereocenters. The van der Waals surface area contributed by atoms with Gasteiger partial charge >= 0.3 is 5.97 Å². The molecule has 0 bridgehead atoms. The number of nitrogens with zero attached hydrogens (tertiary/aromatic N) is 3. The summed E-state index contributed by atoms with van der Waals surface area (Å²) >= 11 is 0. The first-order valence-electron chi connectivity index (χ1n) is 11.6. The van der Waals surface area contributed by atoms with Crippen LogP contribution in [0.5, 0.6) is 5.75 Å². The Morgan fingerprint density at radius 3 is 2.77 bits per heavy atom. The number of nitriles is 1. The van der Waals surface area contributed by atoms with Gasteiger partial charge in [0.25, 0.3) is 0 Å². The Bertz CT molecular complexity index is 1520. The number of aromatic amines is 1. The molecule has 4 aromatic rings. The van der Waals surface area contributed by atoms with Crippen LogP contribution in [0.3, 0.4) is 0 Å². The Balaban J connectivity index is 1.87. The molecule has 0 saturated heterocycles. The van der Waals surface area contributed by atoms with Gasteiger partial charge < -0.3 is 14.4 Å². The molecule has 5 rings (SSSR count). The monoisotopic (exact) mass is 474 g/mol. The van der Waals surface area contributed by atoms with Crippen LogP contribution < -0.4 is 4.74 Å². The molecule has 1 saturated carbocycles. The highest BCUT2D eigenvalue weighted by Gasteiger charge is 2.49. The molecule has 2 aromatic heterocycles. The summed E-state index contributed by atoms with van der Waals surface area (Å²) in [5, 5.41) is 28.5. The molecular weight excluding hydrogens is 447 g/mol. The van der Waals surface area contributed by atoms with Gasteiger partial charge in [-0.3, -0.25) is 9.89 Å². The third-order valence-corrected chi connectivity index (χ3v) is 7.44. The highest BCUT2D eigenvalue weighted by molar-refractivity contribution is 5.99. The number of rotatable bonds is 6. The van der Waals surface area contributed by atoms with Crippen molar-refractivity contribution in [3.8, 4) is 17.5 Å². The average Bonchev–Trinajstić information content (AvgIpc) is 3.37. The fraction of sp³-hybridized carbons (Fsp3) is 0.370. The predicted octanol–water partition coefficient (Wildman–Crippen LogP) is 5.81. The van der Waals surface area contributed by atoms with Gasteiger partial charge in [0.2, 0.25) is 0 Å². The van der Waals surface area contributed by atoms with E-state index in [1.165, 1.54) is 13.2 Å². The Labute approximate surface area is 202 Å². The minimum atomic E-state index is -0.797. The number of carboxylic acid groups (broad SMARTS) is 1. The topological polar surface area (TPSA) is 104 Å². The van der Waals surface area contributed by atoms with E-state index < -0.39 is 22.6 Å². The van der Waals surface area contributed by atoms with Crippen molar-refractivity contribution in [1.29, 1.82) is 5.26 Å². The minimum Gasteiger partial charge on any atom is -0.494 e. The van der Waals surface area contributed by atoms with Crippen molar-refractivity contribution in [2.45, 2.75) is 51.4 Å². The number of aromatic nitrogens is 3. The van der Waals surface area contributed by atoms with Crippen LogP contribution in [0.1, 0.15) is 57.2 Å². The molecule has 0 aliphatic heterocycles. The van der Waals surface area contributed by atoms with Crippen molar-refractivity contribution in [3.63, 3.8) is 0 Å². The van der Waals surface area contributed by atoms with Crippen molar-refractivity contribution in [3.05, 3.63) is 53.6 Å². The van der Waals surface area contributed by atoms with E-state index in [0.717, 1.165) is 33.1 Å². The summed E-state index contributed by atoms with van der Waals surface area (Å²) in [4.78, 5) is 11.9. The third-order valence-electron chi connectivity index (χ3n) is 7.44. The first kappa shape index (κ1) is 22.9. The number of hydrogen-bond donors (Lipinski definition) is 2. The SMILES string of the molecule is COc1cc(-n2c(C(C)(C)CC#N)c([C@H]3C[C@](C)(C(=O)O)C3)c3cc4[nH]ncc4cc32)ccc1F. The molecule has 1 aliphatic rings. The quantitative estimate of drug-likeness (QED) is 0.367. The zero-order valence-electron chi connectivity index (χ0n) is 20.1. The summed E-state index contributed by atoms with van der Waals surface area (Å²) in [6, 6.07) is 11.1. The first-order valence-corrected chi connectivity index (χ1v) is 11.6. The van der Waals surface area contributed by atoms with E-state index in [1.807, 2.05) is 26.0 Å². The van der Waals surface area contributed by atoms with E-state index >= 15 is 0 Å². The Morgan fingerprint density at radius 1 is 1.37 bits per heavy atom. The van der Waals surface area contributed by atoms with Crippen LogP contribution in [0.25, 0.3) is 27.5 Å². The summed E-state index contributed by atoms with van der Waals surface area (Å²) in [6.07, 6.45) is 3.02. The second-order valence-electron chi connectivity index (χ2n) is 10.4. The molecule has 8 heteroatoms. The molecule has 180 valence electrons.